The zero-order valence-corrected chi connectivity index (χ0v) is 19.9. The SMILES string of the molecule is S=C(NCC1CCCO1)Nc1nc(N2Cc3ccccc3C2)cc(N2Cc3ccccc3C2)n1. The second kappa shape index (κ2) is 9.19. The summed E-state index contributed by atoms with van der Waals surface area (Å²) in [4.78, 5) is 14.3. The molecule has 0 aliphatic carbocycles. The Morgan fingerprint density at radius 2 is 1.41 bits per heavy atom. The van der Waals surface area contributed by atoms with Gasteiger partial charge in [0, 0.05) is 45.4 Å². The summed E-state index contributed by atoms with van der Waals surface area (Å²) in [7, 11) is 0. The van der Waals surface area contributed by atoms with Gasteiger partial charge in [0.1, 0.15) is 11.6 Å². The number of aromatic nitrogens is 2. The Kier molecular flexibility index (Phi) is 5.76. The Balaban J connectivity index is 1.24. The van der Waals surface area contributed by atoms with Crippen molar-refractivity contribution in [2.24, 2.45) is 0 Å². The number of rotatable bonds is 5. The molecular formula is C26H28N6OS. The number of hydrogen-bond donors (Lipinski definition) is 2. The molecule has 7 nitrogen and oxygen atoms in total. The standard InChI is InChI=1S/C26H28N6OS/c34-26(27-13-22-10-5-11-33-22)30-25-28-23(31-14-18-6-1-2-7-19(18)15-31)12-24(29-25)32-16-20-8-3-4-9-21(20)17-32/h1-4,6-9,12,22H,5,10-11,13-17H2,(H2,27,28,29,30,34). The van der Waals surface area contributed by atoms with Gasteiger partial charge in [0.05, 0.1) is 6.10 Å². The summed E-state index contributed by atoms with van der Waals surface area (Å²) in [6.45, 7) is 4.89. The Morgan fingerprint density at radius 1 is 0.882 bits per heavy atom. The summed E-state index contributed by atoms with van der Waals surface area (Å²) in [6.07, 6.45) is 2.39. The number of thiocarbonyl (C=S) groups is 1. The molecule has 1 fully saturated rings. The Morgan fingerprint density at radius 3 is 1.88 bits per heavy atom. The smallest absolute Gasteiger partial charge is 0.232 e. The normalized spacial score (nSPS) is 18.6. The van der Waals surface area contributed by atoms with Crippen molar-refractivity contribution < 1.29 is 4.74 Å². The predicted molar refractivity (Wildman–Crippen MR) is 138 cm³/mol. The largest absolute Gasteiger partial charge is 0.376 e. The van der Waals surface area contributed by atoms with Crippen molar-refractivity contribution in [1.82, 2.24) is 15.3 Å². The third-order valence-electron chi connectivity index (χ3n) is 6.77. The fourth-order valence-corrected chi connectivity index (χ4v) is 5.12. The summed E-state index contributed by atoms with van der Waals surface area (Å²) >= 11 is 5.56. The van der Waals surface area contributed by atoms with E-state index in [1.54, 1.807) is 0 Å². The first-order chi connectivity index (χ1) is 16.7. The maximum absolute atomic E-state index is 5.69. The zero-order chi connectivity index (χ0) is 22.9. The van der Waals surface area contributed by atoms with Crippen molar-refractivity contribution in [3.05, 3.63) is 76.9 Å². The summed E-state index contributed by atoms with van der Waals surface area (Å²) in [6, 6.07) is 19.3. The molecule has 0 radical (unpaired) electrons. The van der Waals surface area contributed by atoms with Gasteiger partial charge in [-0.2, -0.15) is 9.97 Å². The van der Waals surface area contributed by atoms with Crippen LogP contribution in [0.1, 0.15) is 35.1 Å². The van der Waals surface area contributed by atoms with Crippen molar-refractivity contribution >= 4 is 34.9 Å². The van der Waals surface area contributed by atoms with E-state index in [1.165, 1.54) is 22.3 Å². The molecule has 2 N–H and O–H groups in total. The lowest BCUT2D eigenvalue weighted by Gasteiger charge is -2.23. The summed E-state index contributed by atoms with van der Waals surface area (Å²) < 4.78 is 5.69. The van der Waals surface area contributed by atoms with Gasteiger partial charge in [0.2, 0.25) is 5.95 Å². The molecule has 2 aromatic carbocycles. The molecule has 8 heteroatoms. The first-order valence-electron chi connectivity index (χ1n) is 11.9. The van der Waals surface area contributed by atoms with Crippen LogP contribution in [0.15, 0.2) is 54.6 Å². The Hall–Kier alpha value is -3.23. The first kappa shape index (κ1) is 21.3. The highest BCUT2D eigenvalue weighted by atomic mass is 32.1. The van der Waals surface area contributed by atoms with Crippen molar-refractivity contribution in [2.75, 3.05) is 28.3 Å². The van der Waals surface area contributed by atoms with Crippen LogP contribution < -0.4 is 20.4 Å². The first-order valence-corrected chi connectivity index (χ1v) is 12.3. The molecule has 34 heavy (non-hydrogen) atoms. The van der Waals surface area contributed by atoms with Gasteiger partial charge in [-0.3, -0.25) is 0 Å². The minimum Gasteiger partial charge on any atom is -0.376 e. The average Bonchev–Trinajstić information content (AvgIpc) is 3.61. The van der Waals surface area contributed by atoms with Crippen molar-refractivity contribution in [3.8, 4) is 0 Å². The van der Waals surface area contributed by atoms with Crippen LogP contribution in [-0.2, 0) is 30.9 Å². The van der Waals surface area contributed by atoms with E-state index < -0.39 is 0 Å². The summed E-state index contributed by atoms with van der Waals surface area (Å²) in [5.41, 5.74) is 5.39. The van der Waals surface area contributed by atoms with Crippen LogP contribution in [0.2, 0.25) is 0 Å². The van der Waals surface area contributed by atoms with E-state index in [2.05, 4.69) is 75.0 Å². The van der Waals surface area contributed by atoms with Gasteiger partial charge in [0.25, 0.3) is 0 Å². The minimum atomic E-state index is 0.216. The molecule has 174 valence electrons. The molecule has 3 aliphatic rings. The number of nitrogens with one attached hydrogen (secondary N) is 2. The third-order valence-corrected chi connectivity index (χ3v) is 7.01. The highest BCUT2D eigenvalue weighted by Crippen LogP contribution is 2.32. The Labute approximate surface area is 205 Å². The van der Waals surface area contributed by atoms with Gasteiger partial charge < -0.3 is 25.2 Å². The number of fused-ring (bicyclic) bond motifs is 2. The van der Waals surface area contributed by atoms with Crippen LogP contribution >= 0.6 is 12.2 Å². The topological polar surface area (TPSA) is 65.6 Å². The van der Waals surface area contributed by atoms with E-state index in [9.17, 15) is 0 Å². The van der Waals surface area contributed by atoms with Crippen LogP contribution in [0.4, 0.5) is 17.6 Å². The van der Waals surface area contributed by atoms with E-state index in [-0.39, 0.29) is 6.10 Å². The molecule has 0 amide bonds. The second-order valence-electron chi connectivity index (χ2n) is 9.13. The number of hydrogen-bond acceptors (Lipinski definition) is 6. The molecule has 3 aromatic rings. The highest BCUT2D eigenvalue weighted by Gasteiger charge is 2.25. The third kappa shape index (κ3) is 4.43. The maximum atomic E-state index is 5.69. The highest BCUT2D eigenvalue weighted by molar-refractivity contribution is 7.80. The monoisotopic (exact) mass is 472 g/mol. The fourth-order valence-electron chi connectivity index (χ4n) is 4.95. The molecule has 0 saturated carbocycles. The molecule has 1 saturated heterocycles. The van der Waals surface area contributed by atoms with Gasteiger partial charge in [-0.25, -0.2) is 0 Å². The number of ether oxygens (including phenoxy) is 1. The molecule has 3 aliphatic heterocycles. The van der Waals surface area contributed by atoms with E-state index >= 15 is 0 Å². The van der Waals surface area contributed by atoms with Crippen LogP contribution in [0.25, 0.3) is 0 Å². The second-order valence-corrected chi connectivity index (χ2v) is 9.54. The fraction of sp³-hybridized carbons (Fsp3) is 0.346. The molecule has 0 bridgehead atoms. The molecule has 1 aromatic heterocycles. The lowest BCUT2D eigenvalue weighted by molar-refractivity contribution is 0.114. The molecule has 4 heterocycles. The molecule has 1 unspecified atom stereocenters. The average molecular weight is 473 g/mol. The van der Waals surface area contributed by atoms with Gasteiger partial charge in [0.15, 0.2) is 5.11 Å². The van der Waals surface area contributed by atoms with Crippen LogP contribution in [0, 0.1) is 0 Å². The summed E-state index contributed by atoms with van der Waals surface area (Å²) in [5.74, 6) is 2.33. The molecule has 1 atom stereocenters. The van der Waals surface area contributed by atoms with Crippen molar-refractivity contribution in [2.45, 2.75) is 45.1 Å². The van der Waals surface area contributed by atoms with Gasteiger partial charge in [-0.1, -0.05) is 48.5 Å². The summed E-state index contributed by atoms with van der Waals surface area (Å²) in [5, 5.41) is 7.01. The lowest BCUT2D eigenvalue weighted by Crippen LogP contribution is -2.35. The van der Waals surface area contributed by atoms with E-state index in [1.807, 2.05) is 0 Å². The van der Waals surface area contributed by atoms with E-state index in [0.29, 0.717) is 17.6 Å². The van der Waals surface area contributed by atoms with Crippen molar-refractivity contribution in [1.29, 1.82) is 0 Å². The van der Waals surface area contributed by atoms with Crippen LogP contribution in [0.3, 0.4) is 0 Å². The van der Waals surface area contributed by atoms with Crippen LogP contribution in [-0.4, -0.2) is 34.3 Å². The van der Waals surface area contributed by atoms with Gasteiger partial charge in [-0.05, 0) is 47.3 Å². The quantitative estimate of drug-likeness (QED) is 0.541. The minimum absolute atomic E-state index is 0.216. The number of anilines is 3. The molecule has 0 spiro atoms. The van der Waals surface area contributed by atoms with Gasteiger partial charge in [-0.15, -0.1) is 0 Å². The van der Waals surface area contributed by atoms with Crippen molar-refractivity contribution in [3.63, 3.8) is 0 Å². The number of benzene rings is 2. The maximum Gasteiger partial charge on any atom is 0.232 e. The molecular weight excluding hydrogens is 444 g/mol. The number of nitrogens with zero attached hydrogens (tertiary/aromatic N) is 4. The van der Waals surface area contributed by atoms with E-state index in [0.717, 1.165) is 57.3 Å². The zero-order valence-electron chi connectivity index (χ0n) is 19.0. The van der Waals surface area contributed by atoms with Gasteiger partial charge >= 0.3 is 0 Å². The van der Waals surface area contributed by atoms with E-state index in [4.69, 9.17) is 26.9 Å². The predicted octanol–water partition coefficient (Wildman–Crippen LogP) is 3.98. The van der Waals surface area contributed by atoms with Crippen LogP contribution in [0.5, 0.6) is 0 Å². The Bertz CT molecular complexity index is 1090. The lowest BCUT2D eigenvalue weighted by atomic mass is 10.1. The molecule has 6 rings (SSSR count).